The van der Waals surface area contributed by atoms with Gasteiger partial charge < -0.3 is 10.2 Å². The van der Waals surface area contributed by atoms with Crippen molar-refractivity contribution in [3.8, 4) is 0 Å². The first-order valence-electron chi connectivity index (χ1n) is 8.37. The Hall–Kier alpha value is -3.15. The number of non-ortho nitro benzene ring substituents is 1. The third-order valence-electron chi connectivity index (χ3n) is 4.80. The first kappa shape index (κ1) is 17.7. The van der Waals surface area contributed by atoms with Gasteiger partial charge in [0.05, 0.1) is 4.92 Å². The SMILES string of the molecule is CN1/C(=C/C(=O)Nc2ccc([N+](=O)[O-])cc2)c2ccccc2CC1(C)C. The van der Waals surface area contributed by atoms with Crippen molar-refractivity contribution < 1.29 is 9.72 Å². The minimum absolute atomic E-state index is 0.0101. The van der Waals surface area contributed by atoms with Crippen LogP contribution in [0, 0.1) is 10.1 Å². The van der Waals surface area contributed by atoms with Gasteiger partial charge in [0, 0.05) is 47.7 Å². The Bertz CT molecular complexity index is 885. The molecule has 0 fully saturated rings. The molecule has 6 nitrogen and oxygen atoms in total. The molecule has 1 aliphatic rings. The Kier molecular flexibility index (Phi) is 4.50. The maximum Gasteiger partial charge on any atom is 0.269 e. The summed E-state index contributed by atoms with van der Waals surface area (Å²) in [5.74, 6) is -0.270. The number of fused-ring (bicyclic) bond motifs is 1. The van der Waals surface area contributed by atoms with Crippen LogP contribution in [0.1, 0.15) is 25.0 Å². The summed E-state index contributed by atoms with van der Waals surface area (Å²) in [6.07, 6.45) is 2.49. The van der Waals surface area contributed by atoms with Crippen molar-refractivity contribution in [3.63, 3.8) is 0 Å². The van der Waals surface area contributed by atoms with E-state index in [1.54, 1.807) is 6.08 Å². The van der Waals surface area contributed by atoms with E-state index in [4.69, 9.17) is 0 Å². The number of hydrogen-bond donors (Lipinski definition) is 1. The molecule has 0 radical (unpaired) electrons. The molecule has 0 spiro atoms. The van der Waals surface area contributed by atoms with Gasteiger partial charge in [0.25, 0.3) is 5.69 Å². The number of amides is 1. The van der Waals surface area contributed by atoms with Crippen LogP contribution >= 0.6 is 0 Å². The van der Waals surface area contributed by atoms with E-state index < -0.39 is 4.92 Å². The molecule has 0 atom stereocenters. The molecule has 0 saturated heterocycles. The monoisotopic (exact) mass is 351 g/mol. The molecule has 1 amide bonds. The molecule has 1 heterocycles. The number of nitro groups is 1. The van der Waals surface area contributed by atoms with Crippen LogP contribution in [0.15, 0.2) is 54.6 Å². The van der Waals surface area contributed by atoms with Crippen molar-refractivity contribution in [2.45, 2.75) is 25.8 Å². The second-order valence-electron chi connectivity index (χ2n) is 7.03. The second-order valence-corrected chi connectivity index (χ2v) is 7.03. The maximum absolute atomic E-state index is 12.5. The van der Waals surface area contributed by atoms with Crippen molar-refractivity contribution in [3.05, 3.63) is 75.8 Å². The number of carbonyl (C=O) groups excluding carboxylic acids is 1. The highest BCUT2D eigenvalue weighted by Crippen LogP contribution is 2.36. The van der Waals surface area contributed by atoms with Crippen LogP contribution in [0.2, 0.25) is 0 Å². The van der Waals surface area contributed by atoms with Crippen LogP contribution in [0.5, 0.6) is 0 Å². The highest BCUT2D eigenvalue weighted by Gasteiger charge is 2.33. The average molecular weight is 351 g/mol. The molecule has 0 aromatic heterocycles. The van der Waals surface area contributed by atoms with Crippen LogP contribution < -0.4 is 5.32 Å². The summed E-state index contributed by atoms with van der Waals surface area (Å²) in [6.45, 7) is 4.29. The number of anilines is 1. The van der Waals surface area contributed by atoms with Gasteiger partial charge in [-0.1, -0.05) is 24.3 Å². The predicted molar refractivity (Wildman–Crippen MR) is 102 cm³/mol. The number of nitro benzene ring substituents is 1. The molecule has 0 bridgehead atoms. The lowest BCUT2D eigenvalue weighted by Crippen LogP contribution is -2.45. The van der Waals surface area contributed by atoms with Crippen LogP contribution in [-0.4, -0.2) is 28.3 Å². The van der Waals surface area contributed by atoms with Crippen molar-refractivity contribution in [2.75, 3.05) is 12.4 Å². The summed E-state index contributed by atoms with van der Waals surface area (Å²) in [4.78, 5) is 24.9. The van der Waals surface area contributed by atoms with E-state index in [0.717, 1.165) is 17.7 Å². The molecule has 0 aliphatic carbocycles. The van der Waals surface area contributed by atoms with Gasteiger partial charge in [0.1, 0.15) is 0 Å². The van der Waals surface area contributed by atoms with Gasteiger partial charge in [0.2, 0.25) is 5.91 Å². The molecule has 134 valence electrons. The van der Waals surface area contributed by atoms with E-state index in [-0.39, 0.29) is 17.1 Å². The number of benzene rings is 2. The molecule has 6 heteroatoms. The predicted octanol–water partition coefficient (Wildman–Crippen LogP) is 3.84. The van der Waals surface area contributed by atoms with E-state index in [1.165, 1.54) is 29.8 Å². The molecule has 26 heavy (non-hydrogen) atoms. The summed E-state index contributed by atoms with van der Waals surface area (Å²) in [7, 11) is 1.99. The zero-order valence-electron chi connectivity index (χ0n) is 15.0. The third kappa shape index (κ3) is 3.44. The number of hydrogen-bond acceptors (Lipinski definition) is 4. The molecule has 3 rings (SSSR count). The molecular weight excluding hydrogens is 330 g/mol. The fourth-order valence-electron chi connectivity index (χ4n) is 3.16. The first-order chi connectivity index (χ1) is 12.3. The number of carbonyl (C=O) groups is 1. The molecule has 2 aromatic rings. The normalized spacial score (nSPS) is 16.9. The van der Waals surface area contributed by atoms with Gasteiger partial charge in [-0.2, -0.15) is 0 Å². The Morgan fingerprint density at radius 1 is 1.19 bits per heavy atom. The lowest BCUT2D eigenvalue weighted by atomic mass is 9.84. The number of nitrogens with one attached hydrogen (secondary N) is 1. The van der Waals surface area contributed by atoms with Crippen molar-refractivity contribution in [1.82, 2.24) is 4.90 Å². The fourth-order valence-corrected chi connectivity index (χ4v) is 3.16. The fraction of sp³-hybridized carbons (Fsp3) is 0.250. The highest BCUT2D eigenvalue weighted by atomic mass is 16.6. The lowest BCUT2D eigenvalue weighted by Gasteiger charge is -2.44. The highest BCUT2D eigenvalue weighted by molar-refractivity contribution is 6.04. The van der Waals surface area contributed by atoms with E-state index in [9.17, 15) is 14.9 Å². The van der Waals surface area contributed by atoms with Crippen molar-refractivity contribution >= 4 is 23.0 Å². The van der Waals surface area contributed by atoms with Crippen LogP contribution in [0.4, 0.5) is 11.4 Å². The van der Waals surface area contributed by atoms with Crippen LogP contribution in [-0.2, 0) is 11.2 Å². The van der Waals surface area contributed by atoms with Gasteiger partial charge in [-0.25, -0.2) is 0 Å². The summed E-state index contributed by atoms with van der Waals surface area (Å²) >= 11 is 0. The summed E-state index contributed by atoms with van der Waals surface area (Å²) in [6, 6.07) is 13.9. The molecule has 0 saturated carbocycles. The number of rotatable bonds is 3. The summed E-state index contributed by atoms with van der Waals surface area (Å²) < 4.78 is 0. The zero-order chi connectivity index (χ0) is 18.9. The third-order valence-corrected chi connectivity index (χ3v) is 4.80. The van der Waals surface area contributed by atoms with E-state index in [2.05, 4.69) is 30.1 Å². The lowest BCUT2D eigenvalue weighted by molar-refractivity contribution is -0.384. The number of likely N-dealkylation sites (N-methyl/N-ethyl adjacent to an activating group) is 1. The molecule has 1 aliphatic heterocycles. The Morgan fingerprint density at radius 2 is 1.85 bits per heavy atom. The minimum atomic E-state index is -0.469. The van der Waals surface area contributed by atoms with E-state index >= 15 is 0 Å². The largest absolute Gasteiger partial charge is 0.368 e. The summed E-state index contributed by atoms with van der Waals surface area (Å²) in [5, 5.41) is 13.5. The Labute approximate surface area is 152 Å². The first-order valence-corrected chi connectivity index (χ1v) is 8.37. The van der Waals surface area contributed by atoms with Crippen LogP contribution in [0.3, 0.4) is 0 Å². The van der Waals surface area contributed by atoms with Crippen molar-refractivity contribution in [1.29, 1.82) is 0 Å². The quantitative estimate of drug-likeness (QED) is 0.518. The van der Waals surface area contributed by atoms with Gasteiger partial charge >= 0.3 is 0 Å². The minimum Gasteiger partial charge on any atom is -0.368 e. The molecule has 0 unspecified atom stereocenters. The smallest absolute Gasteiger partial charge is 0.269 e. The van der Waals surface area contributed by atoms with E-state index in [1.807, 2.05) is 25.2 Å². The zero-order valence-corrected chi connectivity index (χ0v) is 15.0. The molecule has 2 aromatic carbocycles. The standard InChI is InChI=1S/C20H21N3O3/c1-20(2)13-14-6-4-5-7-17(14)18(22(20)3)12-19(24)21-15-8-10-16(11-9-15)23(25)26/h4-12H,13H2,1-3H3,(H,21,24)/b18-12+. The second kappa shape index (κ2) is 6.63. The van der Waals surface area contributed by atoms with Crippen molar-refractivity contribution in [2.24, 2.45) is 0 Å². The van der Waals surface area contributed by atoms with Crippen LogP contribution in [0.25, 0.3) is 5.70 Å². The Balaban J connectivity index is 1.88. The Morgan fingerprint density at radius 3 is 2.50 bits per heavy atom. The van der Waals surface area contributed by atoms with Gasteiger partial charge in [-0.05, 0) is 38.0 Å². The van der Waals surface area contributed by atoms with E-state index in [0.29, 0.717) is 5.69 Å². The van der Waals surface area contributed by atoms with Gasteiger partial charge in [-0.15, -0.1) is 0 Å². The molecular formula is C20H21N3O3. The molecule has 1 N–H and O–H groups in total. The number of nitrogens with zero attached hydrogens (tertiary/aromatic N) is 2. The maximum atomic E-state index is 12.5. The van der Waals surface area contributed by atoms with Gasteiger partial charge in [0.15, 0.2) is 0 Å². The topological polar surface area (TPSA) is 75.5 Å². The average Bonchev–Trinajstić information content (AvgIpc) is 2.59. The van der Waals surface area contributed by atoms with Gasteiger partial charge in [-0.3, -0.25) is 14.9 Å². The summed E-state index contributed by atoms with van der Waals surface area (Å²) in [5.41, 5.74) is 3.52.